The van der Waals surface area contributed by atoms with Crippen LogP contribution in [0.1, 0.15) is 28.3 Å². The number of aryl methyl sites for hydroxylation is 3. The lowest BCUT2D eigenvalue weighted by Gasteiger charge is -2.19. The van der Waals surface area contributed by atoms with Gasteiger partial charge in [-0.2, -0.15) is 0 Å². The van der Waals surface area contributed by atoms with E-state index in [0.29, 0.717) is 0 Å². The third kappa shape index (κ3) is 3.18. The molecular weight excluding hydrogens is 248 g/mol. The number of benzene rings is 2. The summed E-state index contributed by atoms with van der Waals surface area (Å²) >= 11 is 0. The Bertz CT molecular complexity index is 617. The van der Waals surface area contributed by atoms with Gasteiger partial charge in [-0.05, 0) is 44.0 Å². The summed E-state index contributed by atoms with van der Waals surface area (Å²) in [6, 6.07) is 13.4. The summed E-state index contributed by atoms with van der Waals surface area (Å²) in [5, 5.41) is 3.22. The molecule has 0 saturated carbocycles. The van der Waals surface area contributed by atoms with Crippen molar-refractivity contribution in [3.05, 3.63) is 64.7 Å². The summed E-state index contributed by atoms with van der Waals surface area (Å²) in [6.45, 7) is 6.02. The minimum atomic E-state index is -0.516. The first-order valence-corrected chi connectivity index (χ1v) is 6.67. The maximum absolute atomic E-state index is 11.8. The maximum atomic E-state index is 11.8. The zero-order chi connectivity index (χ0) is 14.7. The van der Waals surface area contributed by atoms with Gasteiger partial charge in [-0.1, -0.05) is 41.5 Å². The van der Waals surface area contributed by atoms with E-state index in [1.54, 1.807) is 0 Å². The van der Waals surface area contributed by atoms with Crippen LogP contribution in [-0.4, -0.2) is 5.91 Å². The molecule has 0 aromatic heterocycles. The molecule has 3 heteroatoms. The number of amides is 1. The molecule has 20 heavy (non-hydrogen) atoms. The van der Waals surface area contributed by atoms with E-state index in [1.807, 2.05) is 63.2 Å². The average molecular weight is 268 g/mol. The molecule has 1 atom stereocenters. The Labute approximate surface area is 119 Å². The molecule has 0 fully saturated rings. The van der Waals surface area contributed by atoms with E-state index in [0.717, 1.165) is 22.4 Å². The molecule has 3 N–H and O–H groups in total. The third-order valence-electron chi connectivity index (χ3n) is 3.39. The molecule has 0 radical (unpaired) electrons. The van der Waals surface area contributed by atoms with Crippen LogP contribution in [0.15, 0.2) is 42.5 Å². The van der Waals surface area contributed by atoms with Gasteiger partial charge in [0.25, 0.3) is 0 Å². The zero-order valence-corrected chi connectivity index (χ0v) is 12.1. The molecule has 3 nitrogen and oxygen atoms in total. The number of nitrogens with two attached hydrogens (primary N) is 1. The molecule has 104 valence electrons. The topological polar surface area (TPSA) is 55.1 Å². The second kappa shape index (κ2) is 5.78. The van der Waals surface area contributed by atoms with Crippen molar-refractivity contribution in [2.45, 2.75) is 26.8 Å². The predicted octanol–water partition coefficient (Wildman–Crippen LogP) is 3.25. The summed E-state index contributed by atoms with van der Waals surface area (Å²) < 4.78 is 0. The van der Waals surface area contributed by atoms with E-state index < -0.39 is 6.04 Å². The second-order valence-corrected chi connectivity index (χ2v) is 5.21. The quantitative estimate of drug-likeness (QED) is 0.894. The Kier molecular flexibility index (Phi) is 4.08. The summed E-state index contributed by atoms with van der Waals surface area (Å²) in [5.41, 5.74) is 10.7. The van der Waals surface area contributed by atoms with Gasteiger partial charge in [0, 0.05) is 5.69 Å². The van der Waals surface area contributed by atoms with Crippen LogP contribution in [0.2, 0.25) is 0 Å². The number of nitrogens with one attached hydrogen (secondary N) is 1. The van der Waals surface area contributed by atoms with Crippen LogP contribution >= 0.6 is 0 Å². The van der Waals surface area contributed by atoms with Gasteiger partial charge in [0.05, 0.1) is 0 Å². The highest BCUT2D eigenvalue weighted by Crippen LogP contribution is 2.23. The fourth-order valence-electron chi connectivity index (χ4n) is 2.19. The number of rotatable bonds is 4. The smallest absolute Gasteiger partial charge is 0.244 e. The van der Waals surface area contributed by atoms with Gasteiger partial charge >= 0.3 is 0 Å². The number of carbonyl (C=O) groups excluding carboxylic acids is 1. The van der Waals surface area contributed by atoms with Crippen LogP contribution in [0.4, 0.5) is 5.69 Å². The second-order valence-electron chi connectivity index (χ2n) is 5.21. The van der Waals surface area contributed by atoms with Gasteiger partial charge in [-0.15, -0.1) is 0 Å². The van der Waals surface area contributed by atoms with Crippen LogP contribution in [0.25, 0.3) is 0 Å². The normalized spacial score (nSPS) is 11.9. The van der Waals surface area contributed by atoms with Crippen molar-refractivity contribution in [2.75, 3.05) is 5.32 Å². The first-order chi connectivity index (χ1) is 9.47. The standard InChI is InChI=1S/C17H20N2O/c1-11-5-8-14(9-6-11)19-16(17(18)20)15-10-12(2)4-7-13(15)3/h4-10,16,19H,1-3H3,(H2,18,20). The van der Waals surface area contributed by atoms with Crippen molar-refractivity contribution in [2.24, 2.45) is 5.73 Å². The number of hydrogen-bond donors (Lipinski definition) is 2. The van der Waals surface area contributed by atoms with E-state index in [2.05, 4.69) is 5.32 Å². The summed E-state index contributed by atoms with van der Waals surface area (Å²) in [7, 11) is 0. The minimum Gasteiger partial charge on any atom is -0.370 e. The van der Waals surface area contributed by atoms with Crippen molar-refractivity contribution in [3.8, 4) is 0 Å². The Hall–Kier alpha value is -2.29. The maximum Gasteiger partial charge on any atom is 0.244 e. The highest BCUT2D eigenvalue weighted by Gasteiger charge is 2.19. The lowest BCUT2D eigenvalue weighted by molar-refractivity contribution is -0.118. The molecule has 2 aromatic carbocycles. The molecule has 0 spiro atoms. The monoisotopic (exact) mass is 268 g/mol. The third-order valence-corrected chi connectivity index (χ3v) is 3.39. The van der Waals surface area contributed by atoms with Gasteiger partial charge in [0.1, 0.15) is 6.04 Å². The minimum absolute atomic E-state index is 0.376. The fourth-order valence-corrected chi connectivity index (χ4v) is 2.19. The molecule has 0 aliphatic carbocycles. The van der Waals surface area contributed by atoms with Gasteiger partial charge in [0.2, 0.25) is 5.91 Å². The molecule has 0 aliphatic heterocycles. The van der Waals surface area contributed by atoms with E-state index >= 15 is 0 Å². The van der Waals surface area contributed by atoms with E-state index in [-0.39, 0.29) is 5.91 Å². The Morgan fingerprint density at radius 2 is 1.60 bits per heavy atom. The zero-order valence-electron chi connectivity index (χ0n) is 12.1. The fraction of sp³-hybridized carbons (Fsp3) is 0.235. The van der Waals surface area contributed by atoms with Crippen molar-refractivity contribution in [1.29, 1.82) is 0 Å². The molecule has 0 heterocycles. The van der Waals surface area contributed by atoms with E-state index in [9.17, 15) is 4.79 Å². The Morgan fingerprint density at radius 3 is 2.20 bits per heavy atom. The number of carbonyl (C=O) groups is 1. The first kappa shape index (κ1) is 14.1. The molecular formula is C17H20N2O. The van der Waals surface area contributed by atoms with Crippen LogP contribution in [0, 0.1) is 20.8 Å². The Balaban J connectivity index is 2.34. The summed E-state index contributed by atoms with van der Waals surface area (Å²) in [6.07, 6.45) is 0. The van der Waals surface area contributed by atoms with Gasteiger partial charge in [-0.25, -0.2) is 0 Å². The van der Waals surface area contributed by atoms with Crippen LogP contribution in [0.5, 0.6) is 0 Å². The van der Waals surface area contributed by atoms with Crippen LogP contribution in [0.3, 0.4) is 0 Å². The molecule has 2 aromatic rings. The van der Waals surface area contributed by atoms with Gasteiger partial charge < -0.3 is 11.1 Å². The molecule has 1 unspecified atom stereocenters. The molecule has 0 saturated heterocycles. The number of hydrogen-bond acceptors (Lipinski definition) is 2. The molecule has 0 aliphatic rings. The number of anilines is 1. The SMILES string of the molecule is Cc1ccc(NC(C(N)=O)c2cc(C)ccc2C)cc1. The van der Waals surface area contributed by atoms with Crippen LogP contribution in [-0.2, 0) is 4.79 Å². The van der Waals surface area contributed by atoms with Crippen molar-refractivity contribution < 1.29 is 4.79 Å². The van der Waals surface area contributed by atoms with E-state index in [1.165, 1.54) is 5.56 Å². The first-order valence-electron chi connectivity index (χ1n) is 6.67. The molecule has 0 bridgehead atoms. The molecule has 2 rings (SSSR count). The summed E-state index contributed by atoms with van der Waals surface area (Å²) in [4.78, 5) is 11.8. The largest absolute Gasteiger partial charge is 0.370 e. The van der Waals surface area contributed by atoms with Gasteiger partial charge in [-0.3, -0.25) is 4.79 Å². The van der Waals surface area contributed by atoms with Crippen LogP contribution < -0.4 is 11.1 Å². The molecule has 1 amide bonds. The van der Waals surface area contributed by atoms with Crippen molar-refractivity contribution in [3.63, 3.8) is 0 Å². The number of primary amides is 1. The average Bonchev–Trinajstić information content (AvgIpc) is 2.41. The lowest BCUT2D eigenvalue weighted by atomic mass is 9.98. The Morgan fingerprint density at radius 1 is 1.00 bits per heavy atom. The predicted molar refractivity (Wildman–Crippen MR) is 82.7 cm³/mol. The van der Waals surface area contributed by atoms with Crippen molar-refractivity contribution in [1.82, 2.24) is 0 Å². The van der Waals surface area contributed by atoms with Crippen molar-refractivity contribution >= 4 is 11.6 Å². The summed E-state index contributed by atoms with van der Waals surface area (Å²) in [5.74, 6) is -0.376. The van der Waals surface area contributed by atoms with Gasteiger partial charge in [0.15, 0.2) is 0 Å². The highest BCUT2D eigenvalue weighted by atomic mass is 16.1. The highest BCUT2D eigenvalue weighted by molar-refractivity contribution is 5.85. The van der Waals surface area contributed by atoms with E-state index in [4.69, 9.17) is 5.73 Å². The lowest BCUT2D eigenvalue weighted by Crippen LogP contribution is -2.28.